The second-order valence-electron chi connectivity index (χ2n) is 9.87. The first-order valence-electron chi connectivity index (χ1n) is 13.6. The number of nitrogens with zero attached hydrogens (tertiary/aromatic N) is 4. The van der Waals surface area contributed by atoms with Crippen molar-refractivity contribution >= 4 is 11.2 Å². The summed E-state index contributed by atoms with van der Waals surface area (Å²) in [5.41, 5.74) is 4.60. The maximum Gasteiger partial charge on any atom is 0.176 e. The molecule has 0 spiro atoms. The van der Waals surface area contributed by atoms with Gasteiger partial charge in [0.25, 0.3) is 0 Å². The number of methoxy groups -OCH3 is 1. The quantitative estimate of drug-likeness (QED) is 0.296. The number of aromatic nitrogens is 4. The molecule has 2 aromatic heterocycles. The van der Waals surface area contributed by atoms with E-state index in [0.29, 0.717) is 31.6 Å². The molecule has 1 aliphatic rings. The van der Waals surface area contributed by atoms with E-state index in [0.717, 1.165) is 52.5 Å². The van der Waals surface area contributed by atoms with Crippen molar-refractivity contribution in [1.82, 2.24) is 19.5 Å². The van der Waals surface area contributed by atoms with Crippen LogP contribution in [0.3, 0.4) is 0 Å². The minimum atomic E-state index is 0.000578. The predicted molar refractivity (Wildman–Crippen MR) is 147 cm³/mol. The molecule has 1 fully saturated rings. The van der Waals surface area contributed by atoms with Gasteiger partial charge in [-0.1, -0.05) is 36.4 Å². The van der Waals surface area contributed by atoms with Gasteiger partial charge in [0.2, 0.25) is 0 Å². The second-order valence-corrected chi connectivity index (χ2v) is 9.87. The summed E-state index contributed by atoms with van der Waals surface area (Å²) in [4.78, 5) is 17.6. The molecule has 1 atom stereocenters. The zero-order valence-corrected chi connectivity index (χ0v) is 22.5. The fourth-order valence-electron chi connectivity index (χ4n) is 4.94. The average Bonchev–Trinajstić information content (AvgIpc) is 3.60. The number of ether oxygens (including phenoxy) is 3. The third kappa shape index (κ3) is 6.25. The van der Waals surface area contributed by atoms with Crippen LogP contribution in [0.25, 0.3) is 11.2 Å². The van der Waals surface area contributed by atoms with Crippen molar-refractivity contribution in [2.45, 2.75) is 71.3 Å². The van der Waals surface area contributed by atoms with Crippen LogP contribution in [0.15, 0.2) is 59.9 Å². The van der Waals surface area contributed by atoms with Crippen molar-refractivity contribution in [3.63, 3.8) is 0 Å². The molecular formula is C30H37N5O3. The van der Waals surface area contributed by atoms with Gasteiger partial charge in [-0.2, -0.15) is 0 Å². The maximum absolute atomic E-state index is 6.32. The molecular weight excluding hydrogens is 478 g/mol. The number of imidazole rings is 1. The van der Waals surface area contributed by atoms with Crippen LogP contribution in [0.2, 0.25) is 0 Å². The molecule has 1 unspecified atom stereocenters. The first-order chi connectivity index (χ1) is 18.6. The van der Waals surface area contributed by atoms with Gasteiger partial charge in [0, 0.05) is 13.0 Å². The lowest BCUT2D eigenvalue weighted by molar-refractivity contribution is 0.0524. The van der Waals surface area contributed by atoms with Crippen molar-refractivity contribution in [3.05, 3.63) is 77.3 Å². The fraction of sp³-hybridized carbons (Fsp3) is 0.433. The van der Waals surface area contributed by atoms with Crippen LogP contribution < -0.4 is 15.0 Å². The topological polar surface area (TPSA) is 86.6 Å². The summed E-state index contributed by atoms with van der Waals surface area (Å²) in [6.45, 7) is 5.91. The van der Waals surface area contributed by atoms with Crippen LogP contribution in [0.1, 0.15) is 56.5 Å². The Morgan fingerprint density at radius 2 is 1.89 bits per heavy atom. The van der Waals surface area contributed by atoms with E-state index in [4.69, 9.17) is 19.2 Å². The summed E-state index contributed by atoms with van der Waals surface area (Å²) in [7, 11) is 1.69. The lowest BCUT2D eigenvalue weighted by Crippen LogP contribution is -2.15. The SMILES string of the molecule is CCN=c1ncn(Cc2ccc(OC)c(OC3CCCC3)c2)c2nc(CC(C)OCc3ccccc3)[nH]c12. The molecule has 5 rings (SSSR count). The van der Waals surface area contributed by atoms with Crippen molar-refractivity contribution in [2.24, 2.45) is 4.99 Å². The number of hydrogen-bond acceptors (Lipinski definition) is 6. The van der Waals surface area contributed by atoms with E-state index >= 15 is 0 Å². The lowest BCUT2D eigenvalue weighted by atomic mass is 10.2. The van der Waals surface area contributed by atoms with Crippen molar-refractivity contribution in [2.75, 3.05) is 13.7 Å². The molecule has 1 saturated carbocycles. The van der Waals surface area contributed by atoms with Crippen molar-refractivity contribution in [3.8, 4) is 11.5 Å². The van der Waals surface area contributed by atoms with E-state index in [1.807, 2.05) is 37.5 Å². The van der Waals surface area contributed by atoms with E-state index < -0.39 is 0 Å². The van der Waals surface area contributed by atoms with Gasteiger partial charge in [0.15, 0.2) is 22.6 Å². The van der Waals surface area contributed by atoms with Gasteiger partial charge >= 0.3 is 0 Å². The Bertz CT molecular complexity index is 1410. The van der Waals surface area contributed by atoms with Gasteiger partial charge in [-0.3, -0.25) is 4.99 Å². The van der Waals surface area contributed by atoms with Crippen LogP contribution in [-0.4, -0.2) is 45.4 Å². The molecule has 8 heteroatoms. The van der Waals surface area contributed by atoms with E-state index in [9.17, 15) is 0 Å². The highest BCUT2D eigenvalue weighted by Crippen LogP contribution is 2.32. The molecule has 0 amide bonds. The molecule has 0 aliphatic heterocycles. The van der Waals surface area contributed by atoms with E-state index in [1.165, 1.54) is 12.8 Å². The van der Waals surface area contributed by atoms with Crippen LogP contribution in [0.5, 0.6) is 11.5 Å². The molecule has 38 heavy (non-hydrogen) atoms. The Morgan fingerprint density at radius 1 is 1.08 bits per heavy atom. The van der Waals surface area contributed by atoms with Crippen LogP contribution in [0.4, 0.5) is 0 Å². The van der Waals surface area contributed by atoms with Gasteiger partial charge in [-0.25, -0.2) is 9.97 Å². The standard InChI is InChI=1S/C30H37N5O3/c1-4-31-29-28-30(34-27(33-28)16-21(2)37-19-22-10-6-5-7-11-22)35(20-32-29)18-23-14-15-25(36-3)26(17-23)38-24-12-8-9-13-24/h5-7,10-11,14-15,17,20-21,24H,4,8-9,12-13,16,18-19H2,1-3H3,(H,33,34). The molecule has 1 aliphatic carbocycles. The number of rotatable bonds is 11. The summed E-state index contributed by atoms with van der Waals surface area (Å²) in [6.07, 6.45) is 7.37. The van der Waals surface area contributed by atoms with Crippen molar-refractivity contribution in [1.29, 1.82) is 0 Å². The van der Waals surface area contributed by atoms with E-state index in [-0.39, 0.29) is 12.2 Å². The monoisotopic (exact) mass is 515 g/mol. The summed E-state index contributed by atoms with van der Waals surface area (Å²) in [5.74, 6) is 2.42. The highest BCUT2D eigenvalue weighted by atomic mass is 16.5. The minimum Gasteiger partial charge on any atom is -0.493 e. The van der Waals surface area contributed by atoms with Gasteiger partial charge in [-0.15, -0.1) is 0 Å². The molecule has 1 N–H and O–H groups in total. The number of H-pyrrole nitrogens is 1. The molecule has 0 saturated heterocycles. The fourth-order valence-corrected chi connectivity index (χ4v) is 4.94. The summed E-state index contributed by atoms with van der Waals surface area (Å²) in [6, 6.07) is 16.3. The Balaban J connectivity index is 1.38. The van der Waals surface area contributed by atoms with Gasteiger partial charge in [0.1, 0.15) is 11.3 Å². The van der Waals surface area contributed by atoms with Gasteiger partial charge in [-0.05, 0) is 62.8 Å². The third-order valence-electron chi connectivity index (χ3n) is 6.89. The molecule has 0 radical (unpaired) electrons. The summed E-state index contributed by atoms with van der Waals surface area (Å²) >= 11 is 0. The van der Waals surface area contributed by atoms with Crippen LogP contribution in [0, 0.1) is 0 Å². The predicted octanol–water partition coefficient (Wildman–Crippen LogP) is 5.21. The number of hydrogen-bond donors (Lipinski definition) is 1. The summed E-state index contributed by atoms with van der Waals surface area (Å²) < 4.78 is 20.0. The third-order valence-corrected chi connectivity index (χ3v) is 6.89. The first-order valence-corrected chi connectivity index (χ1v) is 13.6. The number of nitrogens with one attached hydrogen (secondary N) is 1. The Kier molecular flexibility index (Phi) is 8.38. The summed E-state index contributed by atoms with van der Waals surface area (Å²) in [5, 5.41) is 0. The number of benzene rings is 2. The normalized spacial score (nSPS) is 15.3. The first kappa shape index (κ1) is 26.0. The van der Waals surface area contributed by atoms with Crippen LogP contribution >= 0.6 is 0 Å². The Labute approximate surface area is 223 Å². The largest absolute Gasteiger partial charge is 0.493 e. The van der Waals surface area contributed by atoms with Gasteiger partial charge in [0.05, 0.1) is 38.8 Å². The van der Waals surface area contributed by atoms with E-state index in [2.05, 4.69) is 50.7 Å². The number of fused-ring (bicyclic) bond motifs is 1. The lowest BCUT2D eigenvalue weighted by Gasteiger charge is -2.17. The molecule has 2 aromatic carbocycles. The zero-order valence-electron chi connectivity index (χ0n) is 22.5. The van der Waals surface area contributed by atoms with Gasteiger partial charge < -0.3 is 23.8 Å². The Hall–Kier alpha value is -3.65. The second kappa shape index (κ2) is 12.3. The van der Waals surface area contributed by atoms with Crippen LogP contribution in [-0.2, 0) is 24.3 Å². The maximum atomic E-state index is 6.32. The minimum absolute atomic E-state index is 0.000578. The molecule has 8 nitrogen and oxygen atoms in total. The zero-order chi connectivity index (χ0) is 26.3. The van der Waals surface area contributed by atoms with Crippen molar-refractivity contribution < 1.29 is 14.2 Å². The molecule has 200 valence electrons. The number of aromatic amines is 1. The Morgan fingerprint density at radius 3 is 2.66 bits per heavy atom. The highest BCUT2D eigenvalue weighted by Gasteiger charge is 2.19. The van der Waals surface area contributed by atoms with E-state index in [1.54, 1.807) is 7.11 Å². The smallest absolute Gasteiger partial charge is 0.176 e. The molecule has 2 heterocycles. The molecule has 0 bridgehead atoms. The average molecular weight is 516 g/mol. The molecule has 4 aromatic rings. The highest BCUT2D eigenvalue weighted by molar-refractivity contribution is 5.69.